The van der Waals surface area contributed by atoms with Crippen LogP contribution in [0.3, 0.4) is 0 Å². The average Bonchev–Trinajstić information content (AvgIpc) is 2.69. The van der Waals surface area contributed by atoms with E-state index in [1.807, 2.05) is 0 Å². The molecule has 1 atom stereocenters. The van der Waals surface area contributed by atoms with Crippen molar-refractivity contribution >= 4 is 14.3 Å². The van der Waals surface area contributed by atoms with Gasteiger partial charge in [0.1, 0.15) is 0 Å². The van der Waals surface area contributed by atoms with Gasteiger partial charge in [-0.15, -0.1) is 0 Å². The van der Waals surface area contributed by atoms with E-state index in [9.17, 15) is 4.79 Å². The van der Waals surface area contributed by atoms with Gasteiger partial charge >= 0.3 is 5.97 Å². The highest BCUT2D eigenvalue weighted by Crippen LogP contribution is 2.38. The quantitative estimate of drug-likeness (QED) is 0.0902. The predicted molar refractivity (Wildman–Crippen MR) is 138 cm³/mol. The van der Waals surface area contributed by atoms with E-state index in [0.29, 0.717) is 6.42 Å². The van der Waals surface area contributed by atoms with Crippen LogP contribution in [0.15, 0.2) is 24.3 Å². The first-order chi connectivity index (χ1) is 14.6. The van der Waals surface area contributed by atoms with Gasteiger partial charge in [-0.2, -0.15) is 0 Å². The molecule has 0 aromatic carbocycles. The lowest BCUT2D eigenvalue weighted by molar-refractivity contribution is -0.142. The van der Waals surface area contributed by atoms with Crippen LogP contribution >= 0.6 is 0 Å². The van der Waals surface area contributed by atoms with E-state index in [0.717, 1.165) is 19.3 Å². The molecule has 0 spiro atoms. The number of methoxy groups -OCH3 is 1. The van der Waals surface area contributed by atoms with Gasteiger partial charge in [0, 0.05) is 0 Å². The molecule has 0 aromatic heterocycles. The van der Waals surface area contributed by atoms with Crippen LogP contribution in [0.2, 0.25) is 18.1 Å². The maximum Gasteiger partial charge on any atom is 0.308 e. The van der Waals surface area contributed by atoms with E-state index < -0.39 is 8.32 Å². The predicted octanol–water partition coefficient (Wildman–Crippen LogP) is 8.75. The minimum Gasteiger partial charge on any atom is -0.469 e. The summed E-state index contributed by atoms with van der Waals surface area (Å²) in [6.45, 7) is 13.5. The third kappa shape index (κ3) is 16.4. The second-order valence-corrected chi connectivity index (χ2v) is 15.1. The number of rotatable bonds is 18. The third-order valence-electron chi connectivity index (χ3n) is 6.37. The third-order valence-corrected chi connectivity index (χ3v) is 10.9. The Balaban J connectivity index is 3.99. The minimum atomic E-state index is -1.88. The summed E-state index contributed by atoms with van der Waals surface area (Å²) in [4.78, 5) is 11.8. The number of allylic oxidation sites excluding steroid dienone is 4. The van der Waals surface area contributed by atoms with E-state index in [-0.39, 0.29) is 17.1 Å². The first-order valence-electron chi connectivity index (χ1n) is 12.7. The maximum atomic E-state index is 11.8. The fourth-order valence-corrected chi connectivity index (χ4v) is 4.64. The summed E-state index contributed by atoms with van der Waals surface area (Å²) in [5, 5.41) is 0.153. The van der Waals surface area contributed by atoms with E-state index in [1.165, 1.54) is 64.9 Å². The van der Waals surface area contributed by atoms with Crippen molar-refractivity contribution in [1.29, 1.82) is 0 Å². The van der Waals surface area contributed by atoms with Crippen LogP contribution in [-0.4, -0.2) is 27.5 Å². The first-order valence-corrected chi connectivity index (χ1v) is 15.6. The minimum absolute atomic E-state index is 0.00805. The second-order valence-electron chi connectivity index (χ2n) is 10.3. The summed E-state index contributed by atoms with van der Waals surface area (Å²) in [5.74, 6) is -0.161. The Bertz CT molecular complexity index is 503. The van der Waals surface area contributed by atoms with Crippen molar-refractivity contribution in [2.75, 3.05) is 7.11 Å². The Kier molecular flexibility index (Phi) is 17.2. The average molecular weight is 453 g/mol. The summed E-state index contributed by atoms with van der Waals surface area (Å²) in [5.41, 5.74) is 0. The van der Waals surface area contributed by atoms with Crippen molar-refractivity contribution in [2.45, 2.75) is 135 Å². The van der Waals surface area contributed by atoms with Crippen molar-refractivity contribution < 1.29 is 14.0 Å². The number of carbonyl (C=O) groups excluding carboxylic acids is 1. The summed E-state index contributed by atoms with van der Waals surface area (Å²) in [6.07, 6.45) is 24.1. The molecule has 4 heteroatoms. The molecule has 0 rings (SSSR count). The van der Waals surface area contributed by atoms with Gasteiger partial charge in [0.05, 0.1) is 19.6 Å². The van der Waals surface area contributed by atoms with Gasteiger partial charge in [0.25, 0.3) is 0 Å². The molecular formula is C27H52O3Si. The molecule has 0 saturated carbocycles. The Morgan fingerprint density at radius 3 is 1.97 bits per heavy atom. The van der Waals surface area contributed by atoms with Crippen LogP contribution < -0.4 is 0 Å². The van der Waals surface area contributed by atoms with Gasteiger partial charge in [0.2, 0.25) is 0 Å². The van der Waals surface area contributed by atoms with E-state index >= 15 is 0 Å². The number of esters is 1. The summed E-state index contributed by atoms with van der Waals surface area (Å²) in [6, 6.07) is 0. The lowest BCUT2D eigenvalue weighted by Crippen LogP contribution is -2.44. The Morgan fingerprint density at radius 1 is 0.871 bits per heavy atom. The van der Waals surface area contributed by atoms with Gasteiger partial charge in [-0.3, -0.25) is 4.79 Å². The molecule has 0 aliphatic rings. The topological polar surface area (TPSA) is 35.5 Å². The van der Waals surface area contributed by atoms with Gasteiger partial charge in [-0.05, 0) is 56.7 Å². The summed E-state index contributed by atoms with van der Waals surface area (Å²) in [7, 11) is -0.414. The molecule has 0 aliphatic heterocycles. The fourth-order valence-electron chi connectivity index (χ4n) is 3.25. The maximum absolute atomic E-state index is 11.8. The largest absolute Gasteiger partial charge is 0.469 e. The van der Waals surface area contributed by atoms with Crippen molar-refractivity contribution in [3.05, 3.63) is 24.3 Å². The molecule has 31 heavy (non-hydrogen) atoms. The van der Waals surface area contributed by atoms with Crippen LogP contribution in [0.1, 0.15) is 111 Å². The highest BCUT2D eigenvalue weighted by molar-refractivity contribution is 6.74. The van der Waals surface area contributed by atoms with Crippen molar-refractivity contribution in [3.63, 3.8) is 0 Å². The Hall–Kier alpha value is -0.873. The normalized spacial score (nSPS) is 13.9. The number of hydrogen-bond acceptors (Lipinski definition) is 3. The van der Waals surface area contributed by atoms with E-state index in [2.05, 4.69) is 65.1 Å². The van der Waals surface area contributed by atoms with Gasteiger partial charge in [0.15, 0.2) is 8.32 Å². The van der Waals surface area contributed by atoms with Gasteiger partial charge in [-0.25, -0.2) is 0 Å². The van der Waals surface area contributed by atoms with E-state index in [1.54, 1.807) is 0 Å². The van der Waals surface area contributed by atoms with Crippen molar-refractivity contribution in [1.82, 2.24) is 0 Å². The van der Waals surface area contributed by atoms with Crippen LogP contribution in [0.4, 0.5) is 0 Å². The molecule has 3 nitrogen and oxygen atoms in total. The Morgan fingerprint density at radius 2 is 1.42 bits per heavy atom. The first kappa shape index (κ1) is 30.1. The number of hydrogen-bond donors (Lipinski definition) is 0. The number of ether oxygens (including phenoxy) is 1. The van der Waals surface area contributed by atoms with Gasteiger partial charge < -0.3 is 9.16 Å². The zero-order valence-corrected chi connectivity index (χ0v) is 22.8. The van der Waals surface area contributed by atoms with Crippen LogP contribution in [0, 0.1) is 0 Å². The van der Waals surface area contributed by atoms with Crippen LogP contribution in [-0.2, 0) is 14.0 Å². The Labute approximate surface area is 195 Å². The molecule has 0 heterocycles. The second kappa shape index (κ2) is 17.7. The molecule has 1 unspecified atom stereocenters. The van der Waals surface area contributed by atoms with Crippen molar-refractivity contribution in [2.24, 2.45) is 0 Å². The molecule has 0 saturated heterocycles. The number of carbonyl (C=O) groups is 1. The van der Waals surface area contributed by atoms with Crippen LogP contribution in [0.25, 0.3) is 0 Å². The standard InChI is InChI=1S/C27H52O3Si/c1-8-9-10-11-12-13-14-15-16-17-18-19-20-21-22-23-25(24-26(28)29-5)30-31(6,7)27(2,3)4/h12-13,15-16,25H,8-11,14,17-24H2,1-7H3/b13-12-,16-15-. The molecule has 0 aromatic rings. The monoisotopic (exact) mass is 452 g/mol. The lowest BCUT2D eigenvalue weighted by atomic mass is 10.1. The highest BCUT2D eigenvalue weighted by Gasteiger charge is 2.39. The van der Waals surface area contributed by atoms with Gasteiger partial charge in [-0.1, -0.05) is 90.5 Å². The molecule has 0 amide bonds. The smallest absolute Gasteiger partial charge is 0.308 e. The molecule has 0 bridgehead atoms. The highest BCUT2D eigenvalue weighted by atomic mass is 28.4. The molecule has 0 N–H and O–H groups in total. The SMILES string of the molecule is CCCCC/C=C\C/C=C\CCCCCCCC(CC(=O)OC)O[Si](C)(C)C(C)(C)C. The summed E-state index contributed by atoms with van der Waals surface area (Å²) < 4.78 is 11.4. The molecule has 0 fully saturated rings. The van der Waals surface area contributed by atoms with Crippen LogP contribution in [0.5, 0.6) is 0 Å². The fraction of sp³-hybridized carbons (Fsp3) is 0.815. The lowest BCUT2D eigenvalue weighted by Gasteiger charge is -2.39. The molecular weight excluding hydrogens is 400 g/mol. The zero-order valence-electron chi connectivity index (χ0n) is 21.8. The van der Waals surface area contributed by atoms with E-state index in [4.69, 9.17) is 9.16 Å². The number of unbranched alkanes of at least 4 members (excludes halogenated alkanes) is 8. The zero-order chi connectivity index (χ0) is 23.6. The molecule has 0 aliphatic carbocycles. The summed E-state index contributed by atoms with van der Waals surface area (Å²) >= 11 is 0. The molecule has 182 valence electrons. The molecule has 0 radical (unpaired) electrons. The van der Waals surface area contributed by atoms with Crippen molar-refractivity contribution in [3.8, 4) is 0 Å².